The molecule has 1 aromatic carbocycles. The summed E-state index contributed by atoms with van der Waals surface area (Å²) in [5, 5.41) is 2.69. The molecule has 0 aliphatic carbocycles. The Morgan fingerprint density at radius 3 is 2.58 bits per heavy atom. The number of rotatable bonds is 6. The molecule has 0 saturated heterocycles. The zero-order valence-corrected chi connectivity index (χ0v) is 11.5. The Morgan fingerprint density at radius 2 is 2.00 bits per heavy atom. The second-order valence-electron chi connectivity index (χ2n) is 4.87. The number of hydrogen-bond donors (Lipinski definition) is 2. The summed E-state index contributed by atoms with van der Waals surface area (Å²) in [4.78, 5) is 11.6. The van der Waals surface area contributed by atoms with Gasteiger partial charge in [-0.05, 0) is 25.0 Å². The molecule has 3 N–H and O–H groups in total. The minimum Gasteiger partial charge on any atom is -0.486 e. The molecule has 1 aromatic rings. The van der Waals surface area contributed by atoms with Crippen LogP contribution in [0, 0.1) is 11.7 Å². The quantitative estimate of drug-likeness (QED) is 0.825. The fraction of sp³-hybridized carbons (Fsp3) is 0.500. The van der Waals surface area contributed by atoms with Crippen molar-refractivity contribution in [2.75, 3.05) is 6.54 Å². The summed E-state index contributed by atoms with van der Waals surface area (Å²) in [5.41, 5.74) is 5.71. The van der Waals surface area contributed by atoms with Crippen LogP contribution in [0.4, 0.5) is 4.39 Å². The van der Waals surface area contributed by atoms with E-state index in [1.54, 1.807) is 25.1 Å². The Hall–Kier alpha value is -1.62. The maximum atomic E-state index is 13.4. The number of halogens is 1. The van der Waals surface area contributed by atoms with Crippen molar-refractivity contribution in [2.24, 2.45) is 11.7 Å². The Morgan fingerprint density at radius 1 is 1.37 bits per heavy atom. The third-order valence-corrected chi connectivity index (χ3v) is 2.75. The van der Waals surface area contributed by atoms with Gasteiger partial charge in [-0.25, -0.2) is 4.39 Å². The second kappa shape index (κ2) is 7.09. The van der Waals surface area contributed by atoms with Gasteiger partial charge in [0, 0.05) is 0 Å². The van der Waals surface area contributed by atoms with E-state index >= 15 is 0 Å². The van der Waals surface area contributed by atoms with Gasteiger partial charge in [0.05, 0.1) is 12.6 Å². The van der Waals surface area contributed by atoms with E-state index in [0.29, 0.717) is 0 Å². The first-order valence-corrected chi connectivity index (χ1v) is 6.36. The number of benzene rings is 1. The van der Waals surface area contributed by atoms with E-state index in [4.69, 9.17) is 10.5 Å². The van der Waals surface area contributed by atoms with Crippen LogP contribution < -0.4 is 15.8 Å². The summed E-state index contributed by atoms with van der Waals surface area (Å²) in [7, 11) is 0. The summed E-state index contributed by atoms with van der Waals surface area (Å²) >= 11 is 0. The van der Waals surface area contributed by atoms with Gasteiger partial charge in [-0.1, -0.05) is 26.0 Å². The van der Waals surface area contributed by atoms with Crippen molar-refractivity contribution in [3.8, 4) is 5.75 Å². The van der Waals surface area contributed by atoms with Crippen molar-refractivity contribution in [3.63, 3.8) is 0 Å². The van der Waals surface area contributed by atoms with E-state index in [0.717, 1.165) is 0 Å². The zero-order valence-electron chi connectivity index (χ0n) is 11.5. The largest absolute Gasteiger partial charge is 0.486 e. The molecule has 4 nitrogen and oxygen atoms in total. The summed E-state index contributed by atoms with van der Waals surface area (Å²) < 4.78 is 18.8. The van der Waals surface area contributed by atoms with E-state index in [2.05, 4.69) is 5.32 Å². The molecule has 19 heavy (non-hydrogen) atoms. The van der Waals surface area contributed by atoms with Crippen LogP contribution in [-0.2, 0) is 4.79 Å². The molecule has 0 heterocycles. The van der Waals surface area contributed by atoms with Crippen LogP contribution in [-0.4, -0.2) is 24.6 Å². The third-order valence-electron chi connectivity index (χ3n) is 2.75. The molecule has 0 radical (unpaired) electrons. The molecule has 2 atom stereocenters. The minimum absolute atomic E-state index is 0.0720. The van der Waals surface area contributed by atoms with Gasteiger partial charge in [0.2, 0.25) is 5.91 Å². The zero-order chi connectivity index (χ0) is 14.4. The maximum Gasteiger partial charge on any atom is 0.237 e. The van der Waals surface area contributed by atoms with Gasteiger partial charge in [0.15, 0.2) is 11.6 Å². The van der Waals surface area contributed by atoms with Gasteiger partial charge in [-0.3, -0.25) is 4.79 Å². The van der Waals surface area contributed by atoms with E-state index in [1.165, 1.54) is 6.07 Å². The maximum absolute atomic E-state index is 13.4. The van der Waals surface area contributed by atoms with Gasteiger partial charge in [0.1, 0.15) is 6.10 Å². The molecule has 0 aromatic heterocycles. The van der Waals surface area contributed by atoms with Crippen LogP contribution >= 0.6 is 0 Å². The molecule has 5 heteroatoms. The second-order valence-corrected chi connectivity index (χ2v) is 4.87. The Labute approximate surface area is 113 Å². The average molecular weight is 268 g/mol. The van der Waals surface area contributed by atoms with E-state index in [9.17, 15) is 9.18 Å². The molecular formula is C14H21FN2O2. The topological polar surface area (TPSA) is 64.4 Å². The van der Waals surface area contributed by atoms with Crippen molar-refractivity contribution in [1.82, 2.24) is 5.32 Å². The number of nitrogens with one attached hydrogen (secondary N) is 1. The van der Waals surface area contributed by atoms with Crippen molar-refractivity contribution in [2.45, 2.75) is 32.9 Å². The lowest BCUT2D eigenvalue weighted by Crippen LogP contribution is -2.46. The molecular weight excluding hydrogens is 247 g/mol. The van der Waals surface area contributed by atoms with Crippen molar-refractivity contribution in [1.29, 1.82) is 0 Å². The van der Waals surface area contributed by atoms with Crippen LogP contribution in [0.25, 0.3) is 0 Å². The molecule has 0 aliphatic rings. The fourth-order valence-electron chi connectivity index (χ4n) is 1.46. The smallest absolute Gasteiger partial charge is 0.237 e. The van der Waals surface area contributed by atoms with Crippen molar-refractivity contribution in [3.05, 3.63) is 30.1 Å². The number of nitrogens with two attached hydrogens (primary N) is 1. The predicted octanol–water partition coefficient (Wildman–Crippen LogP) is 1.69. The number of amides is 1. The van der Waals surface area contributed by atoms with Crippen molar-refractivity contribution < 1.29 is 13.9 Å². The highest BCUT2D eigenvalue weighted by molar-refractivity contribution is 5.81. The lowest BCUT2D eigenvalue weighted by atomic mass is 10.1. The summed E-state index contributed by atoms with van der Waals surface area (Å²) in [5.74, 6) is -0.390. The molecule has 1 rings (SSSR count). The standard InChI is InChI=1S/C14H21FN2O2/c1-9(2)13(16)14(18)17-8-10(3)19-12-7-5-4-6-11(12)15/h4-7,9-10,13H,8,16H2,1-3H3,(H,17,18)/t10?,13-/m0/s1. The normalized spacial score (nSPS) is 14.0. The number of carbonyl (C=O) groups is 1. The molecule has 1 unspecified atom stereocenters. The highest BCUT2D eigenvalue weighted by Gasteiger charge is 2.18. The molecule has 106 valence electrons. The van der Waals surface area contributed by atoms with Crippen LogP contribution in [0.3, 0.4) is 0 Å². The van der Waals surface area contributed by atoms with Gasteiger partial charge in [-0.15, -0.1) is 0 Å². The Balaban J connectivity index is 2.42. The Bertz CT molecular complexity index is 424. The summed E-state index contributed by atoms with van der Waals surface area (Å²) in [6.45, 7) is 5.80. The van der Waals surface area contributed by atoms with Crippen LogP contribution in [0.5, 0.6) is 5.75 Å². The van der Waals surface area contributed by atoms with Gasteiger partial charge >= 0.3 is 0 Å². The van der Waals surface area contributed by atoms with Gasteiger partial charge < -0.3 is 15.8 Å². The molecule has 1 amide bonds. The first-order valence-electron chi connectivity index (χ1n) is 6.36. The van der Waals surface area contributed by atoms with Crippen LogP contribution in [0.1, 0.15) is 20.8 Å². The number of para-hydroxylation sites is 1. The number of ether oxygens (including phenoxy) is 1. The molecule has 0 saturated carbocycles. The van der Waals surface area contributed by atoms with E-state index in [1.807, 2.05) is 13.8 Å². The van der Waals surface area contributed by atoms with Crippen LogP contribution in [0.15, 0.2) is 24.3 Å². The average Bonchev–Trinajstić information content (AvgIpc) is 2.37. The summed E-state index contributed by atoms with van der Waals surface area (Å²) in [6.07, 6.45) is -0.333. The third kappa shape index (κ3) is 4.87. The monoisotopic (exact) mass is 268 g/mol. The van der Waals surface area contributed by atoms with Crippen molar-refractivity contribution >= 4 is 5.91 Å². The van der Waals surface area contributed by atoms with E-state index in [-0.39, 0.29) is 30.2 Å². The highest BCUT2D eigenvalue weighted by Crippen LogP contribution is 2.16. The number of carbonyl (C=O) groups excluding carboxylic acids is 1. The van der Waals surface area contributed by atoms with E-state index < -0.39 is 11.9 Å². The van der Waals surface area contributed by atoms with Gasteiger partial charge in [-0.2, -0.15) is 0 Å². The van der Waals surface area contributed by atoms with Gasteiger partial charge in [0.25, 0.3) is 0 Å². The fourth-order valence-corrected chi connectivity index (χ4v) is 1.46. The molecule has 0 fully saturated rings. The molecule has 0 spiro atoms. The first-order chi connectivity index (χ1) is 8.91. The Kier molecular flexibility index (Phi) is 5.76. The minimum atomic E-state index is -0.541. The highest BCUT2D eigenvalue weighted by atomic mass is 19.1. The lowest BCUT2D eigenvalue weighted by molar-refractivity contribution is -0.123. The predicted molar refractivity (Wildman–Crippen MR) is 72.3 cm³/mol. The summed E-state index contributed by atoms with van der Waals surface area (Å²) in [6, 6.07) is 5.62. The lowest BCUT2D eigenvalue weighted by Gasteiger charge is -2.19. The number of hydrogen-bond acceptors (Lipinski definition) is 3. The first kappa shape index (κ1) is 15.4. The SMILES string of the molecule is CC(CNC(=O)[C@@H](N)C(C)C)Oc1ccccc1F. The van der Waals surface area contributed by atoms with Crippen LogP contribution in [0.2, 0.25) is 0 Å². The molecule has 0 aliphatic heterocycles. The molecule has 0 bridgehead atoms.